The predicted octanol–water partition coefficient (Wildman–Crippen LogP) is 2.74. The Morgan fingerprint density at radius 3 is 2.50 bits per heavy atom. The molecule has 0 saturated carbocycles. The van der Waals surface area contributed by atoms with Gasteiger partial charge in [0.25, 0.3) is 0 Å². The van der Waals surface area contributed by atoms with Gasteiger partial charge in [0.2, 0.25) is 11.8 Å². The number of halogens is 1. The van der Waals surface area contributed by atoms with Crippen molar-refractivity contribution in [1.82, 2.24) is 4.90 Å². The molecule has 7 heteroatoms. The van der Waals surface area contributed by atoms with Gasteiger partial charge >= 0.3 is 0 Å². The van der Waals surface area contributed by atoms with Crippen LogP contribution in [0.5, 0.6) is 5.75 Å². The number of aryl methyl sites for hydroxylation is 1. The Morgan fingerprint density at radius 1 is 1.18 bits per heavy atom. The van der Waals surface area contributed by atoms with Crippen molar-refractivity contribution in [3.05, 3.63) is 59.7 Å². The molecule has 1 aliphatic rings. The average molecular weight is 404 g/mol. The molecule has 1 fully saturated rings. The summed E-state index contributed by atoms with van der Waals surface area (Å²) < 4.78 is 5.42. The molecule has 0 spiro atoms. The van der Waals surface area contributed by atoms with Crippen LogP contribution in [-0.4, -0.2) is 36.4 Å². The van der Waals surface area contributed by atoms with E-state index in [0.717, 1.165) is 5.56 Å². The summed E-state index contributed by atoms with van der Waals surface area (Å²) in [6.07, 6.45) is 0.245. The maximum Gasteiger partial charge on any atom is 0.229 e. The van der Waals surface area contributed by atoms with Crippen molar-refractivity contribution in [2.24, 2.45) is 11.7 Å². The van der Waals surface area contributed by atoms with Gasteiger partial charge in [-0.3, -0.25) is 9.59 Å². The minimum atomic E-state index is -0.337. The van der Waals surface area contributed by atoms with Gasteiger partial charge in [0.05, 0.1) is 5.92 Å². The van der Waals surface area contributed by atoms with Gasteiger partial charge in [-0.15, -0.1) is 12.4 Å². The van der Waals surface area contributed by atoms with Gasteiger partial charge in [0, 0.05) is 31.7 Å². The third-order valence-corrected chi connectivity index (χ3v) is 4.59. The van der Waals surface area contributed by atoms with E-state index in [9.17, 15) is 9.59 Å². The fourth-order valence-corrected chi connectivity index (χ4v) is 3.07. The largest absolute Gasteiger partial charge is 0.492 e. The van der Waals surface area contributed by atoms with Crippen molar-refractivity contribution in [2.45, 2.75) is 19.9 Å². The van der Waals surface area contributed by atoms with Crippen LogP contribution in [0.4, 0.5) is 5.69 Å². The number of anilines is 1. The molecular formula is C21H26ClN3O3. The summed E-state index contributed by atoms with van der Waals surface area (Å²) in [4.78, 5) is 26.5. The number of rotatable bonds is 7. The SMILES string of the molecule is Cc1ccc(CN2CC(C(=O)Nc3ccc(OCCN)cc3)CC2=O)cc1.Cl. The van der Waals surface area contributed by atoms with Crippen LogP contribution < -0.4 is 15.8 Å². The van der Waals surface area contributed by atoms with Crippen molar-refractivity contribution < 1.29 is 14.3 Å². The van der Waals surface area contributed by atoms with E-state index in [1.807, 2.05) is 31.2 Å². The Hall–Kier alpha value is -2.57. The predicted molar refractivity (Wildman–Crippen MR) is 112 cm³/mol. The molecule has 0 aromatic heterocycles. The van der Waals surface area contributed by atoms with Crippen LogP contribution in [0.25, 0.3) is 0 Å². The molecule has 1 aliphatic heterocycles. The second-order valence-corrected chi connectivity index (χ2v) is 6.81. The minimum absolute atomic E-state index is 0. The van der Waals surface area contributed by atoms with E-state index in [-0.39, 0.29) is 36.6 Å². The van der Waals surface area contributed by atoms with Gasteiger partial charge in [-0.05, 0) is 36.8 Å². The Balaban J connectivity index is 0.00000280. The topological polar surface area (TPSA) is 84.7 Å². The zero-order valence-corrected chi connectivity index (χ0v) is 16.7. The number of ether oxygens (including phenoxy) is 1. The van der Waals surface area contributed by atoms with Crippen molar-refractivity contribution >= 4 is 29.9 Å². The van der Waals surface area contributed by atoms with E-state index >= 15 is 0 Å². The van der Waals surface area contributed by atoms with Gasteiger partial charge in [0.1, 0.15) is 12.4 Å². The molecule has 1 unspecified atom stereocenters. The van der Waals surface area contributed by atoms with Crippen LogP contribution in [0.15, 0.2) is 48.5 Å². The molecule has 28 heavy (non-hydrogen) atoms. The molecular weight excluding hydrogens is 378 g/mol. The number of likely N-dealkylation sites (tertiary alicyclic amines) is 1. The summed E-state index contributed by atoms with van der Waals surface area (Å²) in [7, 11) is 0. The zero-order chi connectivity index (χ0) is 19.2. The molecule has 3 N–H and O–H groups in total. The van der Waals surface area contributed by atoms with E-state index in [1.54, 1.807) is 29.2 Å². The van der Waals surface area contributed by atoms with E-state index in [1.165, 1.54) is 5.56 Å². The quantitative estimate of drug-likeness (QED) is 0.744. The highest BCUT2D eigenvalue weighted by Gasteiger charge is 2.34. The summed E-state index contributed by atoms with van der Waals surface area (Å²) in [6, 6.07) is 15.2. The van der Waals surface area contributed by atoms with E-state index in [4.69, 9.17) is 10.5 Å². The fraction of sp³-hybridized carbons (Fsp3) is 0.333. The first kappa shape index (κ1) is 21.7. The molecule has 2 amide bonds. The molecule has 2 aromatic rings. The van der Waals surface area contributed by atoms with Crippen molar-refractivity contribution in [3.63, 3.8) is 0 Å². The highest BCUT2D eigenvalue weighted by molar-refractivity contribution is 5.97. The van der Waals surface area contributed by atoms with Crippen LogP contribution in [0, 0.1) is 12.8 Å². The van der Waals surface area contributed by atoms with Crippen molar-refractivity contribution in [3.8, 4) is 5.75 Å². The summed E-state index contributed by atoms with van der Waals surface area (Å²) in [5.74, 6) is 0.251. The fourth-order valence-electron chi connectivity index (χ4n) is 3.07. The second kappa shape index (κ2) is 10.1. The van der Waals surface area contributed by atoms with Crippen LogP contribution >= 0.6 is 12.4 Å². The average Bonchev–Trinajstić information content (AvgIpc) is 3.04. The van der Waals surface area contributed by atoms with Gasteiger partial charge in [-0.25, -0.2) is 0 Å². The highest BCUT2D eigenvalue weighted by Crippen LogP contribution is 2.23. The number of hydrogen-bond acceptors (Lipinski definition) is 4. The standard InChI is InChI=1S/C21H25N3O3.ClH/c1-15-2-4-16(5-3-15)13-24-14-17(12-20(24)25)21(26)23-18-6-8-19(9-7-18)27-11-10-22;/h2-9,17H,10-14,22H2,1H3,(H,23,26);1H. The zero-order valence-electron chi connectivity index (χ0n) is 15.9. The number of hydrogen-bond donors (Lipinski definition) is 2. The maximum absolute atomic E-state index is 12.5. The number of carbonyl (C=O) groups excluding carboxylic acids is 2. The Bertz CT molecular complexity index is 794. The van der Waals surface area contributed by atoms with Gasteiger partial charge in [0.15, 0.2) is 0 Å². The van der Waals surface area contributed by atoms with Crippen molar-refractivity contribution in [1.29, 1.82) is 0 Å². The van der Waals surface area contributed by atoms with Crippen LogP contribution in [0.3, 0.4) is 0 Å². The number of amides is 2. The number of nitrogens with one attached hydrogen (secondary N) is 1. The Morgan fingerprint density at radius 2 is 1.86 bits per heavy atom. The lowest BCUT2D eigenvalue weighted by molar-refractivity contribution is -0.128. The lowest BCUT2D eigenvalue weighted by Crippen LogP contribution is -2.28. The first-order chi connectivity index (χ1) is 13.0. The smallest absolute Gasteiger partial charge is 0.229 e. The van der Waals surface area contributed by atoms with E-state index in [2.05, 4.69) is 5.32 Å². The molecule has 6 nitrogen and oxygen atoms in total. The molecule has 1 saturated heterocycles. The second-order valence-electron chi connectivity index (χ2n) is 6.81. The molecule has 0 bridgehead atoms. The number of carbonyl (C=O) groups is 2. The van der Waals surface area contributed by atoms with Crippen LogP contribution in [0.1, 0.15) is 17.5 Å². The third-order valence-electron chi connectivity index (χ3n) is 4.59. The highest BCUT2D eigenvalue weighted by atomic mass is 35.5. The minimum Gasteiger partial charge on any atom is -0.492 e. The maximum atomic E-state index is 12.5. The van der Waals surface area contributed by atoms with Gasteiger partial charge < -0.3 is 20.7 Å². The summed E-state index contributed by atoms with van der Waals surface area (Å²) in [5, 5.41) is 2.88. The van der Waals surface area contributed by atoms with E-state index < -0.39 is 0 Å². The number of nitrogens with zero attached hydrogens (tertiary/aromatic N) is 1. The summed E-state index contributed by atoms with van der Waals surface area (Å²) in [6.45, 7) is 3.91. The van der Waals surface area contributed by atoms with Crippen LogP contribution in [0.2, 0.25) is 0 Å². The number of nitrogens with two attached hydrogens (primary N) is 1. The summed E-state index contributed by atoms with van der Waals surface area (Å²) in [5.41, 5.74) is 8.35. The Kier molecular flexibility index (Phi) is 7.84. The van der Waals surface area contributed by atoms with Gasteiger partial charge in [-0.2, -0.15) is 0 Å². The van der Waals surface area contributed by atoms with Crippen LogP contribution in [-0.2, 0) is 16.1 Å². The summed E-state index contributed by atoms with van der Waals surface area (Å²) >= 11 is 0. The molecule has 1 atom stereocenters. The number of benzene rings is 2. The first-order valence-corrected chi connectivity index (χ1v) is 9.12. The molecule has 1 heterocycles. The molecule has 0 aliphatic carbocycles. The molecule has 150 valence electrons. The lowest BCUT2D eigenvalue weighted by atomic mass is 10.1. The molecule has 2 aromatic carbocycles. The first-order valence-electron chi connectivity index (χ1n) is 9.12. The molecule has 0 radical (unpaired) electrons. The third kappa shape index (κ3) is 5.71. The molecule has 3 rings (SSSR count). The van der Waals surface area contributed by atoms with Crippen molar-refractivity contribution in [2.75, 3.05) is 25.0 Å². The monoisotopic (exact) mass is 403 g/mol. The Labute approximate surface area is 171 Å². The lowest BCUT2D eigenvalue weighted by Gasteiger charge is -2.17. The van der Waals surface area contributed by atoms with Gasteiger partial charge in [-0.1, -0.05) is 29.8 Å². The normalized spacial score (nSPS) is 15.9. The van der Waals surface area contributed by atoms with E-state index in [0.29, 0.717) is 37.7 Å².